The molecule has 0 saturated heterocycles. The van der Waals surface area contributed by atoms with E-state index in [0.29, 0.717) is 29.6 Å². The lowest BCUT2D eigenvalue weighted by Crippen LogP contribution is -2.36. The molecule has 7 nitrogen and oxygen atoms in total. The number of anilines is 1. The molecule has 13 heteroatoms. The number of nitrogens with zero attached hydrogens (tertiary/aromatic N) is 2. The zero-order valence-corrected chi connectivity index (χ0v) is 25.2. The third-order valence-electron chi connectivity index (χ3n) is 5.89. The lowest BCUT2D eigenvalue weighted by Gasteiger charge is -2.21. The average Bonchev–Trinajstić information content (AvgIpc) is 3.34. The molecule has 3 aromatic rings. The third-order valence-corrected chi connectivity index (χ3v) is 10.0. The molecule has 1 aliphatic heterocycles. The molecule has 38 heavy (non-hydrogen) atoms. The Hall–Kier alpha value is -1.44. The van der Waals surface area contributed by atoms with Crippen LogP contribution in [0.5, 0.6) is 0 Å². The summed E-state index contributed by atoms with van der Waals surface area (Å²) in [5.41, 5.74) is 2.90. The standard InChI is InChI=1S/C25H26Cl2N2O5S4/c1-2-17(13-24-28(9-3-11-37(30)31)20-15-18(26)5-7-22(20)35-24)14-25-29(10-4-12-38(32,33)34)21-16-19(27)6-8-23(21)36-25/h5-8,13-16H,2-4,9-12H2,1H3,(H-,30,31,32,33,34). The van der Waals surface area contributed by atoms with Gasteiger partial charge in [0, 0.05) is 45.8 Å². The highest BCUT2D eigenvalue weighted by Crippen LogP contribution is 2.47. The number of aromatic nitrogens is 1. The van der Waals surface area contributed by atoms with Gasteiger partial charge in [0.2, 0.25) is 5.52 Å². The van der Waals surface area contributed by atoms with Crippen LogP contribution in [0.25, 0.3) is 16.3 Å². The average molecular weight is 634 g/mol. The van der Waals surface area contributed by atoms with E-state index in [1.54, 1.807) is 23.1 Å². The highest BCUT2D eigenvalue weighted by atomic mass is 35.5. The van der Waals surface area contributed by atoms with Crippen LogP contribution in [-0.4, -0.2) is 39.8 Å². The number of thioether (sulfide) groups is 1. The highest BCUT2D eigenvalue weighted by molar-refractivity contribution is 8.03. The molecule has 0 radical (unpaired) electrons. The monoisotopic (exact) mass is 632 g/mol. The van der Waals surface area contributed by atoms with Crippen LogP contribution in [0, 0.1) is 0 Å². The minimum Gasteiger partial charge on any atom is -0.772 e. The van der Waals surface area contributed by atoms with Crippen molar-refractivity contribution < 1.29 is 26.3 Å². The van der Waals surface area contributed by atoms with Gasteiger partial charge in [0.05, 0.1) is 16.5 Å². The molecular formula is C25H26Cl2N2O5S4. The van der Waals surface area contributed by atoms with E-state index in [0.717, 1.165) is 42.8 Å². The summed E-state index contributed by atoms with van der Waals surface area (Å²) in [4.78, 5) is 3.16. The van der Waals surface area contributed by atoms with Crippen LogP contribution in [-0.2, 0) is 27.7 Å². The maximum absolute atomic E-state index is 11.3. The number of hydrogen-bond acceptors (Lipinski definition) is 7. The second-order valence-electron chi connectivity index (χ2n) is 8.63. The van der Waals surface area contributed by atoms with Crippen LogP contribution in [0.15, 0.2) is 58.0 Å². The maximum Gasteiger partial charge on any atom is 0.265 e. The minimum absolute atomic E-state index is 0.0781. The summed E-state index contributed by atoms with van der Waals surface area (Å²) in [6, 6.07) is 11.3. The summed E-state index contributed by atoms with van der Waals surface area (Å²) in [5, 5.41) is 3.11. The number of fused-ring (bicyclic) bond motifs is 2. The Morgan fingerprint density at radius 2 is 1.92 bits per heavy atom. The quantitative estimate of drug-likeness (QED) is 0.151. The predicted octanol–water partition coefficient (Wildman–Crippen LogP) is 6.29. The fraction of sp³-hybridized carbons (Fsp3) is 0.320. The van der Waals surface area contributed by atoms with E-state index in [9.17, 15) is 21.7 Å². The normalized spacial score (nSPS) is 16.0. The lowest BCUT2D eigenvalue weighted by molar-refractivity contribution is -0.668. The van der Waals surface area contributed by atoms with Crippen molar-refractivity contribution in [3.05, 3.63) is 68.1 Å². The topological polar surface area (TPSA) is 102 Å². The Morgan fingerprint density at radius 3 is 2.63 bits per heavy atom. The zero-order valence-electron chi connectivity index (χ0n) is 20.4. The molecule has 1 aliphatic rings. The smallest absolute Gasteiger partial charge is 0.265 e. The van der Waals surface area contributed by atoms with E-state index in [1.165, 1.54) is 0 Å². The van der Waals surface area contributed by atoms with Crippen molar-refractivity contribution in [1.29, 1.82) is 0 Å². The number of rotatable bonds is 11. The van der Waals surface area contributed by atoms with Crippen molar-refractivity contribution >= 4 is 89.5 Å². The first-order valence-corrected chi connectivity index (χ1v) is 17.1. The number of thiazole rings is 1. The van der Waals surface area contributed by atoms with Crippen molar-refractivity contribution in [2.45, 2.75) is 37.6 Å². The first-order chi connectivity index (χ1) is 18.0. The van der Waals surface area contributed by atoms with Crippen LogP contribution >= 0.6 is 46.3 Å². The van der Waals surface area contributed by atoms with Gasteiger partial charge in [0.15, 0.2) is 6.54 Å². The van der Waals surface area contributed by atoms with Gasteiger partial charge in [-0.1, -0.05) is 64.3 Å². The van der Waals surface area contributed by atoms with E-state index in [2.05, 4.69) is 24.0 Å². The van der Waals surface area contributed by atoms with E-state index in [4.69, 9.17) is 23.2 Å². The largest absolute Gasteiger partial charge is 0.772 e. The predicted molar refractivity (Wildman–Crippen MR) is 157 cm³/mol. The summed E-state index contributed by atoms with van der Waals surface area (Å²) in [6.07, 6.45) is 5.66. The molecule has 0 fully saturated rings. The van der Waals surface area contributed by atoms with E-state index in [-0.39, 0.29) is 17.9 Å². The van der Waals surface area contributed by atoms with Crippen LogP contribution < -0.4 is 9.47 Å². The first kappa shape index (κ1) is 29.5. The van der Waals surface area contributed by atoms with Gasteiger partial charge in [0.1, 0.15) is 4.70 Å². The molecule has 0 spiro atoms. The molecule has 4 rings (SSSR count). The molecule has 0 saturated carbocycles. The molecule has 0 aliphatic carbocycles. The Labute approximate surface area is 243 Å². The van der Waals surface area contributed by atoms with E-state index >= 15 is 0 Å². The summed E-state index contributed by atoms with van der Waals surface area (Å²) in [5.74, 6) is -0.249. The van der Waals surface area contributed by atoms with Crippen molar-refractivity contribution in [2.75, 3.05) is 23.0 Å². The SMILES string of the molecule is CCC(=Cc1sc2ccc(Cl)cc2[n+]1CCCS(=O)(=O)O)C=C1Sc2ccc(Cl)cc2N1CCCS(=O)[O-]. The summed E-state index contributed by atoms with van der Waals surface area (Å²) >= 11 is 13.6. The molecule has 2 aromatic carbocycles. The second kappa shape index (κ2) is 12.8. The van der Waals surface area contributed by atoms with Gasteiger partial charge < -0.3 is 9.45 Å². The molecule has 0 amide bonds. The van der Waals surface area contributed by atoms with E-state index in [1.807, 2.05) is 41.0 Å². The second-order valence-corrected chi connectivity index (χ2v) is 14.2. The van der Waals surface area contributed by atoms with Gasteiger partial charge in [-0.25, -0.2) is 0 Å². The lowest BCUT2D eigenvalue weighted by atomic mass is 10.2. The van der Waals surface area contributed by atoms with Gasteiger partial charge in [0.25, 0.3) is 15.1 Å². The maximum atomic E-state index is 11.3. The fourth-order valence-corrected chi connectivity index (χ4v) is 7.61. The van der Waals surface area contributed by atoms with Gasteiger partial charge in [-0.3, -0.25) is 8.76 Å². The molecular weight excluding hydrogens is 607 g/mol. The van der Waals surface area contributed by atoms with Gasteiger partial charge >= 0.3 is 0 Å². The molecule has 204 valence electrons. The minimum atomic E-state index is -4.06. The molecule has 2 heterocycles. The van der Waals surface area contributed by atoms with Crippen LogP contribution in [0.3, 0.4) is 0 Å². The molecule has 1 atom stereocenters. The van der Waals surface area contributed by atoms with Crippen molar-refractivity contribution in [3.63, 3.8) is 0 Å². The first-order valence-electron chi connectivity index (χ1n) is 11.8. The zero-order chi connectivity index (χ0) is 27.4. The number of aryl methyl sites for hydroxylation is 1. The summed E-state index contributed by atoms with van der Waals surface area (Å²) in [6.45, 7) is 3.00. The van der Waals surface area contributed by atoms with Gasteiger partial charge in [-0.05, 0) is 54.8 Å². The van der Waals surface area contributed by atoms with Crippen LogP contribution in [0.1, 0.15) is 31.2 Å². The Bertz CT molecular complexity index is 1540. The van der Waals surface area contributed by atoms with Crippen LogP contribution in [0.4, 0.5) is 5.69 Å². The molecule has 1 N–H and O–H groups in total. The van der Waals surface area contributed by atoms with Crippen molar-refractivity contribution in [1.82, 2.24) is 0 Å². The number of benzene rings is 2. The van der Waals surface area contributed by atoms with Gasteiger partial charge in [-0.15, -0.1) is 0 Å². The number of halogens is 2. The highest BCUT2D eigenvalue weighted by Gasteiger charge is 2.26. The van der Waals surface area contributed by atoms with Crippen LogP contribution in [0.2, 0.25) is 10.0 Å². The third kappa shape index (κ3) is 7.60. The van der Waals surface area contributed by atoms with Crippen molar-refractivity contribution in [3.8, 4) is 0 Å². The van der Waals surface area contributed by atoms with Crippen molar-refractivity contribution in [2.24, 2.45) is 0 Å². The fourth-order valence-electron chi connectivity index (χ4n) is 4.13. The summed E-state index contributed by atoms with van der Waals surface area (Å²) < 4.78 is 57.1. The molecule has 1 unspecified atom stereocenters. The molecule has 0 bridgehead atoms. The van der Waals surface area contributed by atoms with E-state index < -0.39 is 21.2 Å². The number of allylic oxidation sites excluding steroid dienone is 2. The molecule has 1 aromatic heterocycles. The number of hydrogen-bond donors (Lipinski definition) is 1. The summed E-state index contributed by atoms with van der Waals surface area (Å²) in [7, 11) is -4.06. The Balaban J connectivity index is 1.71. The Kier molecular flexibility index (Phi) is 9.97. The van der Waals surface area contributed by atoms with Gasteiger partial charge in [-0.2, -0.15) is 13.0 Å². The Morgan fingerprint density at radius 1 is 1.18 bits per heavy atom.